The van der Waals surface area contributed by atoms with Crippen molar-refractivity contribution in [3.63, 3.8) is 0 Å². The fourth-order valence-electron chi connectivity index (χ4n) is 7.87. The number of hydrogen-bond donors (Lipinski definition) is 1. The van der Waals surface area contributed by atoms with E-state index in [4.69, 9.17) is 9.47 Å². The molecular weight excluding hydrogens is 384 g/mol. The van der Waals surface area contributed by atoms with E-state index in [1.165, 1.54) is 0 Å². The molecule has 0 aliphatic heterocycles. The minimum Gasteiger partial charge on any atom is -0.463 e. The Balaban J connectivity index is 1.52. The number of carbonyl (C=O) groups excluding carboxylic acids is 3. The normalized spacial score (nSPS) is 45.1. The summed E-state index contributed by atoms with van der Waals surface area (Å²) in [7, 11) is 0. The van der Waals surface area contributed by atoms with Crippen LogP contribution in [0.3, 0.4) is 0 Å². The van der Waals surface area contributed by atoms with Gasteiger partial charge in [-0.1, -0.05) is 13.8 Å². The second-order valence-corrected chi connectivity index (χ2v) is 10.6. The Kier molecular flexibility index (Phi) is 5.75. The van der Waals surface area contributed by atoms with Gasteiger partial charge in [-0.2, -0.15) is 0 Å². The van der Waals surface area contributed by atoms with Crippen LogP contribution in [-0.2, 0) is 23.9 Å². The van der Waals surface area contributed by atoms with Crippen molar-refractivity contribution in [2.45, 2.75) is 78.2 Å². The highest BCUT2D eigenvalue weighted by molar-refractivity contribution is 5.86. The van der Waals surface area contributed by atoms with Crippen molar-refractivity contribution in [2.24, 2.45) is 40.4 Å². The first-order chi connectivity index (χ1) is 14.2. The molecule has 0 amide bonds. The van der Waals surface area contributed by atoms with Crippen molar-refractivity contribution < 1.29 is 29.0 Å². The molecule has 0 bridgehead atoms. The van der Waals surface area contributed by atoms with E-state index in [2.05, 4.69) is 13.8 Å². The molecule has 6 nitrogen and oxygen atoms in total. The van der Waals surface area contributed by atoms with Gasteiger partial charge in [0.05, 0.1) is 18.6 Å². The predicted molar refractivity (Wildman–Crippen MR) is 109 cm³/mol. The number of ketones is 1. The van der Waals surface area contributed by atoms with E-state index in [-0.39, 0.29) is 48.0 Å². The zero-order chi connectivity index (χ0) is 21.7. The standard InChI is InChI=1S/C24H36O6/c1-4-29-20(27)13-30-22(28)18-8-7-17-16-6-5-14-11-15(25)9-10-23(14,2)21(16)19(26)12-24(17,18)3/h14-18,21,25H,4-13H2,1-3H3/t14-,15+,16-,17-,18+,21+,23-,24-/m0/s1. The topological polar surface area (TPSA) is 89.9 Å². The van der Waals surface area contributed by atoms with E-state index in [1.807, 2.05) is 0 Å². The minimum absolute atomic E-state index is 0.0247. The van der Waals surface area contributed by atoms with Crippen molar-refractivity contribution in [3.8, 4) is 0 Å². The van der Waals surface area contributed by atoms with Crippen molar-refractivity contribution in [1.82, 2.24) is 0 Å². The maximum Gasteiger partial charge on any atom is 0.344 e. The van der Waals surface area contributed by atoms with Gasteiger partial charge in [-0.25, -0.2) is 4.79 Å². The fourth-order valence-corrected chi connectivity index (χ4v) is 7.87. The molecule has 8 atom stereocenters. The zero-order valence-corrected chi connectivity index (χ0v) is 18.5. The molecule has 1 N–H and O–H groups in total. The molecule has 0 aromatic heterocycles. The van der Waals surface area contributed by atoms with Crippen LogP contribution in [0.4, 0.5) is 0 Å². The molecule has 0 unspecified atom stereocenters. The molecule has 168 valence electrons. The highest BCUT2D eigenvalue weighted by atomic mass is 16.6. The molecule has 0 radical (unpaired) electrons. The Hall–Kier alpha value is -1.43. The molecule has 4 aliphatic rings. The monoisotopic (exact) mass is 420 g/mol. The van der Waals surface area contributed by atoms with Crippen molar-refractivity contribution >= 4 is 17.7 Å². The van der Waals surface area contributed by atoms with Gasteiger partial charge in [0.1, 0.15) is 5.78 Å². The van der Waals surface area contributed by atoms with Crippen molar-refractivity contribution in [3.05, 3.63) is 0 Å². The molecule has 6 heteroatoms. The molecule has 0 aromatic carbocycles. The number of ether oxygens (including phenoxy) is 2. The van der Waals surface area contributed by atoms with Crippen LogP contribution in [0.15, 0.2) is 0 Å². The zero-order valence-electron chi connectivity index (χ0n) is 18.5. The Labute approximate surface area is 179 Å². The SMILES string of the molecule is CCOC(=O)COC(=O)[C@H]1CC[C@H]2[C@@H]3CC[C@H]4C[C@H](O)CC[C@]4(C)[C@H]3C(=O)C[C@]12C. The second kappa shape index (κ2) is 7.92. The van der Waals surface area contributed by atoms with Crippen LogP contribution < -0.4 is 0 Å². The molecule has 30 heavy (non-hydrogen) atoms. The summed E-state index contributed by atoms with van der Waals surface area (Å²) in [5.41, 5.74) is -0.412. The third kappa shape index (κ3) is 3.39. The smallest absolute Gasteiger partial charge is 0.344 e. The lowest BCUT2D eigenvalue weighted by Crippen LogP contribution is -2.58. The molecule has 4 saturated carbocycles. The summed E-state index contributed by atoms with van der Waals surface area (Å²) in [6, 6.07) is 0. The Morgan fingerprint density at radius 1 is 1.07 bits per heavy atom. The first-order valence-corrected chi connectivity index (χ1v) is 11.7. The van der Waals surface area contributed by atoms with Crippen molar-refractivity contribution in [2.75, 3.05) is 13.2 Å². The van der Waals surface area contributed by atoms with Gasteiger partial charge in [-0.05, 0) is 80.5 Å². The number of hydrogen-bond acceptors (Lipinski definition) is 6. The Bertz CT molecular complexity index is 718. The fraction of sp³-hybridized carbons (Fsp3) is 0.875. The number of Topliss-reactive ketones (excluding diaryl/α,β-unsaturated/α-hetero) is 1. The maximum absolute atomic E-state index is 13.5. The van der Waals surface area contributed by atoms with Crippen LogP contribution in [0.2, 0.25) is 0 Å². The number of aliphatic hydroxyl groups excluding tert-OH is 1. The molecule has 4 aliphatic carbocycles. The molecule has 0 heterocycles. The average Bonchev–Trinajstić information content (AvgIpc) is 3.03. The van der Waals surface area contributed by atoms with Crippen molar-refractivity contribution in [1.29, 1.82) is 0 Å². The van der Waals surface area contributed by atoms with Gasteiger partial charge in [0.2, 0.25) is 0 Å². The minimum atomic E-state index is -0.531. The number of carbonyl (C=O) groups is 3. The van der Waals surface area contributed by atoms with E-state index in [9.17, 15) is 19.5 Å². The van der Waals surface area contributed by atoms with Crippen LogP contribution in [0, 0.1) is 40.4 Å². The number of esters is 2. The second-order valence-electron chi connectivity index (χ2n) is 10.6. The van der Waals surface area contributed by atoms with Gasteiger partial charge in [-0.3, -0.25) is 9.59 Å². The van der Waals surface area contributed by atoms with Crippen LogP contribution >= 0.6 is 0 Å². The van der Waals surface area contributed by atoms with E-state index in [1.54, 1.807) is 6.92 Å². The highest BCUT2D eigenvalue weighted by Gasteiger charge is 2.64. The third-order valence-corrected chi connectivity index (χ3v) is 9.24. The maximum atomic E-state index is 13.5. The summed E-state index contributed by atoms with van der Waals surface area (Å²) < 4.78 is 10.1. The van der Waals surface area contributed by atoms with Gasteiger partial charge in [0.15, 0.2) is 6.61 Å². The molecule has 4 rings (SSSR count). The molecule has 0 spiro atoms. The Morgan fingerprint density at radius 3 is 2.57 bits per heavy atom. The summed E-state index contributed by atoms with van der Waals surface area (Å²) in [6.07, 6.45) is 6.44. The molecule has 4 fully saturated rings. The van der Waals surface area contributed by atoms with Gasteiger partial charge >= 0.3 is 11.9 Å². The van der Waals surface area contributed by atoms with Crippen LogP contribution in [0.1, 0.15) is 72.1 Å². The summed E-state index contributed by atoms with van der Waals surface area (Å²) in [5, 5.41) is 10.2. The van der Waals surface area contributed by atoms with E-state index in [0.29, 0.717) is 30.0 Å². The quantitative estimate of drug-likeness (QED) is 0.702. The van der Waals surface area contributed by atoms with Crippen LogP contribution in [-0.4, -0.2) is 42.1 Å². The number of rotatable bonds is 4. The largest absolute Gasteiger partial charge is 0.463 e. The summed E-state index contributed by atoms with van der Waals surface area (Å²) >= 11 is 0. The van der Waals surface area contributed by atoms with Gasteiger partial charge in [0.25, 0.3) is 0 Å². The first-order valence-electron chi connectivity index (χ1n) is 11.7. The van der Waals surface area contributed by atoms with Gasteiger partial charge in [0, 0.05) is 12.3 Å². The number of fused-ring (bicyclic) bond motifs is 5. The average molecular weight is 421 g/mol. The summed E-state index contributed by atoms with van der Waals surface area (Å²) in [5.74, 6) is 0.197. The lowest BCUT2D eigenvalue weighted by Gasteiger charge is -2.59. The lowest BCUT2D eigenvalue weighted by atomic mass is 9.44. The Morgan fingerprint density at radius 2 is 1.83 bits per heavy atom. The summed E-state index contributed by atoms with van der Waals surface area (Å²) in [6.45, 7) is 5.99. The highest BCUT2D eigenvalue weighted by Crippen LogP contribution is 2.66. The number of aliphatic hydroxyl groups is 1. The molecular formula is C24H36O6. The van der Waals surface area contributed by atoms with E-state index >= 15 is 0 Å². The molecule has 0 saturated heterocycles. The molecule has 0 aromatic rings. The third-order valence-electron chi connectivity index (χ3n) is 9.24. The van der Waals surface area contributed by atoms with Gasteiger partial charge < -0.3 is 14.6 Å². The predicted octanol–water partition coefficient (Wildman–Crippen LogP) is 3.29. The summed E-state index contributed by atoms with van der Waals surface area (Å²) in [4.78, 5) is 38.0. The van der Waals surface area contributed by atoms with Crippen LogP contribution in [0.25, 0.3) is 0 Å². The van der Waals surface area contributed by atoms with E-state index in [0.717, 1.165) is 44.9 Å². The van der Waals surface area contributed by atoms with E-state index < -0.39 is 5.97 Å². The van der Waals surface area contributed by atoms with Crippen LogP contribution in [0.5, 0.6) is 0 Å². The lowest BCUT2D eigenvalue weighted by molar-refractivity contribution is -0.171. The van der Waals surface area contributed by atoms with Gasteiger partial charge in [-0.15, -0.1) is 0 Å². The first kappa shape index (κ1) is 21.8.